The lowest BCUT2D eigenvalue weighted by Crippen LogP contribution is -2.48. The maximum Gasteiger partial charge on any atom is 0.331 e. The average molecular weight is 481 g/mol. The van der Waals surface area contributed by atoms with Crippen molar-refractivity contribution in [3.8, 4) is 0 Å². The Bertz CT molecular complexity index is 1010. The van der Waals surface area contributed by atoms with E-state index in [4.69, 9.17) is 13.6 Å². The number of aromatic nitrogens is 2. The third kappa shape index (κ3) is 4.54. The third-order valence-electron chi connectivity index (χ3n) is 7.79. The fourth-order valence-electron chi connectivity index (χ4n) is 3.69. The molecule has 1 fully saturated rings. The minimum Gasteiger partial charge on any atom is -0.414 e. The second kappa shape index (κ2) is 7.90. The lowest BCUT2D eigenvalue weighted by molar-refractivity contribution is -0.0838. The van der Waals surface area contributed by atoms with Crippen LogP contribution in [-0.4, -0.2) is 45.0 Å². The van der Waals surface area contributed by atoms with Gasteiger partial charge in [0.05, 0.1) is 18.4 Å². The highest BCUT2D eigenvalue weighted by Crippen LogP contribution is 2.46. The number of aromatic amines is 1. The molecule has 180 valence electrons. The predicted octanol–water partition coefficient (Wildman–Crippen LogP) is 4.42. The summed E-state index contributed by atoms with van der Waals surface area (Å²) in [4.78, 5) is 26.9. The average Bonchev–Trinajstić information content (AvgIpc) is 3.11. The van der Waals surface area contributed by atoms with Crippen molar-refractivity contribution in [1.29, 1.82) is 0 Å². The van der Waals surface area contributed by atoms with E-state index < -0.39 is 33.6 Å². The number of hydrogen-bond donors (Lipinski definition) is 1. The maximum atomic E-state index is 12.7. The topological polar surface area (TPSA) is 82.5 Å². The number of hydrogen-bond acceptors (Lipinski definition) is 5. The predicted molar refractivity (Wildman–Crippen MR) is 133 cm³/mol. The zero-order chi connectivity index (χ0) is 24.3. The lowest BCUT2D eigenvalue weighted by atomic mass is 10.1. The van der Waals surface area contributed by atoms with Gasteiger partial charge in [-0.1, -0.05) is 41.5 Å². The van der Waals surface area contributed by atoms with Gasteiger partial charge in [-0.05, 0) is 48.4 Å². The van der Waals surface area contributed by atoms with Gasteiger partial charge < -0.3 is 13.6 Å². The van der Waals surface area contributed by atoms with Crippen molar-refractivity contribution in [2.24, 2.45) is 0 Å². The lowest BCUT2D eigenvalue weighted by Gasteiger charge is -2.40. The summed E-state index contributed by atoms with van der Waals surface area (Å²) >= 11 is 0. The van der Waals surface area contributed by atoms with E-state index in [1.807, 2.05) is 6.08 Å². The van der Waals surface area contributed by atoms with E-state index in [-0.39, 0.29) is 22.3 Å². The first-order chi connectivity index (χ1) is 14.4. The van der Waals surface area contributed by atoms with Crippen LogP contribution < -0.4 is 11.2 Å². The molecule has 2 aliphatic rings. The van der Waals surface area contributed by atoms with Crippen molar-refractivity contribution < 1.29 is 13.6 Å². The van der Waals surface area contributed by atoms with E-state index in [0.29, 0.717) is 18.7 Å². The summed E-state index contributed by atoms with van der Waals surface area (Å²) in [6.45, 7) is 22.6. The fraction of sp³-hybridized carbons (Fsp3) is 0.739. The van der Waals surface area contributed by atoms with Gasteiger partial charge in [0.25, 0.3) is 5.56 Å². The summed E-state index contributed by atoms with van der Waals surface area (Å²) < 4.78 is 21.5. The van der Waals surface area contributed by atoms with Crippen molar-refractivity contribution in [2.45, 2.75) is 102 Å². The molecule has 3 atom stereocenters. The Balaban J connectivity index is 1.95. The van der Waals surface area contributed by atoms with Crippen LogP contribution in [0.5, 0.6) is 0 Å². The summed E-state index contributed by atoms with van der Waals surface area (Å²) in [5.74, 6) is 0. The highest BCUT2D eigenvalue weighted by atomic mass is 28.4. The molecule has 9 heteroatoms. The van der Waals surface area contributed by atoms with E-state index in [1.165, 1.54) is 6.07 Å². The summed E-state index contributed by atoms with van der Waals surface area (Å²) in [6, 6.07) is 1.43. The third-order valence-corrected chi connectivity index (χ3v) is 16.8. The standard InChI is InChI=1S/C23H40N2O5Si2/c1-21(2,3)31(7,8)28-15-18-17(30-32(9,10)22(4,5)6)14-23(29-18)12-11-16-13-19(26)24-20(27)25(16)23/h11-13,17-18H,14-15H2,1-10H3,(H,24,26,27)/t17-,18+,23-/m0/s1. The zero-order valence-electron chi connectivity index (χ0n) is 21.3. The number of fused-ring (bicyclic) bond motifs is 2. The van der Waals surface area contributed by atoms with Crippen LogP contribution >= 0.6 is 0 Å². The monoisotopic (exact) mass is 480 g/mol. The first kappa shape index (κ1) is 25.4. The molecule has 0 aliphatic carbocycles. The molecule has 1 aromatic heterocycles. The molecule has 0 aromatic carbocycles. The molecule has 1 N–H and O–H groups in total. The smallest absolute Gasteiger partial charge is 0.331 e. The van der Waals surface area contributed by atoms with Gasteiger partial charge in [0.1, 0.15) is 6.10 Å². The molecule has 0 bridgehead atoms. The number of ether oxygens (including phenoxy) is 1. The van der Waals surface area contributed by atoms with Gasteiger partial charge in [0.15, 0.2) is 22.4 Å². The summed E-state index contributed by atoms with van der Waals surface area (Å²) in [5.41, 5.74) is -1.29. The molecule has 32 heavy (non-hydrogen) atoms. The SMILES string of the molecule is CC(C)(C)[Si](C)(C)OC[C@H]1O[C@@]2(C=Cc3cc(=O)[nH]c(=O)n32)C[C@@H]1O[Si](C)(C)C(C)(C)C. The van der Waals surface area contributed by atoms with Crippen molar-refractivity contribution in [3.05, 3.63) is 38.7 Å². The van der Waals surface area contributed by atoms with Gasteiger partial charge in [0.2, 0.25) is 0 Å². The molecule has 1 spiro atoms. The Hall–Kier alpha value is -1.27. The van der Waals surface area contributed by atoms with Crippen LogP contribution in [0.3, 0.4) is 0 Å². The molecule has 1 saturated heterocycles. The minimum absolute atomic E-state index is 0.0408. The van der Waals surface area contributed by atoms with Gasteiger partial charge in [0, 0.05) is 12.5 Å². The second-order valence-electron chi connectivity index (χ2n) is 12.2. The molecular formula is C23H40N2O5Si2. The van der Waals surface area contributed by atoms with Crippen LogP contribution in [0.2, 0.25) is 36.3 Å². The van der Waals surface area contributed by atoms with E-state index in [0.717, 1.165) is 0 Å². The van der Waals surface area contributed by atoms with E-state index >= 15 is 0 Å². The highest BCUT2D eigenvalue weighted by Gasteiger charge is 2.53. The maximum absolute atomic E-state index is 12.7. The number of H-pyrrole nitrogens is 1. The molecule has 0 radical (unpaired) electrons. The summed E-state index contributed by atoms with van der Waals surface area (Å²) in [5, 5.41) is 0.119. The summed E-state index contributed by atoms with van der Waals surface area (Å²) in [6.07, 6.45) is 3.64. The van der Waals surface area contributed by atoms with Crippen LogP contribution in [0.1, 0.15) is 53.7 Å². The van der Waals surface area contributed by atoms with Crippen molar-refractivity contribution in [3.63, 3.8) is 0 Å². The van der Waals surface area contributed by atoms with Gasteiger partial charge in [-0.15, -0.1) is 0 Å². The van der Waals surface area contributed by atoms with Crippen LogP contribution in [-0.2, 0) is 19.3 Å². The second-order valence-corrected chi connectivity index (χ2v) is 21.8. The van der Waals surface area contributed by atoms with Crippen molar-refractivity contribution in [2.75, 3.05) is 6.61 Å². The van der Waals surface area contributed by atoms with E-state index in [1.54, 1.807) is 10.6 Å². The van der Waals surface area contributed by atoms with E-state index in [2.05, 4.69) is 72.7 Å². The molecule has 2 aliphatic heterocycles. The molecule has 0 saturated carbocycles. The van der Waals surface area contributed by atoms with Crippen LogP contribution in [0.4, 0.5) is 0 Å². The molecule has 3 rings (SSSR count). The summed E-state index contributed by atoms with van der Waals surface area (Å²) in [7, 11) is -4.10. The first-order valence-corrected chi connectivity index (χ1v) is 17.3. The number of rotatable bonds is 5. The minimum atomic E-state index is -2.10. The Morgan fingerprint density at radius 1 is 1.09 bits per heavy atom. The number of nitrogens with zero attached hydrogens (tertiary/aromatic N) is 1. The molecule has 0 amide bonds. The molecule has 3 heterocycles. The fourth-order valence-corrected chi connectivity index (χ4v) is 6.05. The quantitative estimate of drug-likeness (QED) is 0.631. The van der Waals surface area contributed by atoms with Crippen LogP contribution in [0.15, 0.2) is 21.7 Å². The largest absolute Gasteiger partial charge is 0.414 e. The molecular weight excluding hydrogens is 440 g/mol. The highest BCUT2D eigenvalue weighted by molar-refractivity contribution is 6.74. The molecule has 7 nitrogen and oxygen atoms in total. The molecule has 0 unspecified atom stereocenters. The van der Waals surface area contributed by atoms with Crippen LogP contribution in [0.25, 0.3) is 6.08 Å². The number of nitrogens with one attached hydrogen (secondary N) is 1. The Morgan fingerprint density at radius 3 is 2.25 bits per heavy atom. The Kier molecular flexibility index (Phi) is 6.26. The van der Waals surface area contributed by atoms with Crippen molar-refractivity contribution >= 4 is 22.7 Å². The van der Waals surface area contributed by atoms with Gasteiger partial charge >= 0.3 is 5.69 Å². The van der Waals surface area contributed by atoms with Gasteiger partial charge in [-0.25, -0.2) is 4.79 Å². The van der Waals surface area contributed by atoms with Crippen molar-refractivity contribution in [1.82, 2.24) is 9.55 Å². The van der Waals surface area contributed by atoms with E-state index in [9.17, 15) is 9.59 Å². The Labute approximate surface area is 193 Å². The Morgan fingerprint density at radius 2 is 1.69 bits per heavy atom. The zero-order valence-corrected chi connectivity index (χ0v) is 23.3. The van der Waals surface area contributed by atoms with Gasteiger partial charge in [-0.3, -0.25) is 14.3 Å². The first-order valence-electron chi connectivity index (χ1n) is 11.4. The van der Waals surface area contributed by atoms with Crippen LogP contribution in [0, 0.1) is 0 Å². The van der Waals surface area contributed by atoms with Gasteiger partial charge in [-0.2, -0.15) is 0 Å². The molecule has 1 aromatic rings. The normalized spacial score (nSPS) is 26.2.